The molecule has 0 radical (unpaired) electrons. The van der Waals surface area contributed by atoms with Gasteiger partial charge in [0.1, 0.15) is 55.4 Å². The summed E-state index contributed by atoms with van der Waals surface area (Å²) in [4.78, 5) is 11.7. The summed E-state index contributed by atoms with van der Waals surface area (Å²) in [5.41, 5.74) is 0. The molecule has 2 heterocycles. The summed E-state index contributed by atoms with van der Waals surface area (Å²) in [6.45, 7) is 0.791. The number of esters is 1. The first-order valence-corrected chi connectivity index (χ1v) is 9.52. The Kier molecular flexibility index (Phi) is 9.15. The van der Waals surface area contributed by atoms with Gasteiger partial charge in [-0.1, -0.05) is 13.3 Å². The predicted molar refractivity (Wildman–Crippen MR) is 92.0 cm³/mol. The molecule has 29 heavy (non-hydrogen) atoms. The Hall–Kier alpha value is -0.930. The lowest BCUT2D eigenvalue weighted by molar-refractivity contribution is -0.355. The van der Waals surface area contributed by atoms with Gasteiger partial charge in [0, 0.05) is 6.42 Å². The molecule has 12 heteroatoms. The van der Waals surface area contributed by atoms with Crippen LogP contribution >= 0.6 is 0 Å². The molecular weight excluding hydrogens is 396 g/mol. The number of aliphatic hydroxyl groups is 7. The second-order valence-corrected chi connectivity index (χ2v) is 7.13. The van der Waals surface area contributed by atoms with Crippen molar-refractivity contribution in [3.8, 4) is 0 Å². The first-order chi connectivity index (χ1) is 13.7. The Labute approximate surface area is 167 Å². The lowest BCUT2D eigenvalue weighted by Crippen LogP contribution is -2.64. The molecule has 2 fully saturated rings. The molecule has 7 N–H and O–H groups in total. The summed E-state index contributed by atoms with van der Waals surface area (Å²) in [5, 5.41) is 69.1. The minimum atomic E-state index is -1.76. The average molecular weight is 426 g/mol. The second-order valence-electron chi connectivity index (χ2n) is 7.13. The lowest BCUT2D eigenvalue weighted by atomic mass is 9.97. The van der Waals surface area contributed by atoms with Crippen molar-refractivity contribution in [2.75, 3.05) is 13.2 Å². The fourth-order valence-electron chi connectivity index (χ4n) is 3.12. The van der Waals surface area contributed by atoms with E-state index in [4.69, 9.17) is 18.9 Å². The molecule has 2 aliphatic rings. The summed E-state index contributed by atoms with van der Waals surface area (Å²) < 4.78 is 20.8. The number of hydrogen-bond acceptors (Lipinski definition) is 12. The van der Waals surface area contributed by atoms with Crippen LogP contribution in [0.1, 0.15) is 26.2 Å². The molecule has 0 bridgehead atoms. The Morgan fingerprint density at radius 3 is 2.21 bits per heavy atom. The van der Waals surface area contributed by atoms with Crippen LogP contribution in [0.25, 0.3) is 0 Å². The van der Waals surface area contributed by atoms with E-state index in [0.717, 1.165) is 6.42 Å². The summed E-state index contributed by atoms with van der Waals surface area (Å²) in [6.07, 6.45) is -14.3. The van der Waals surface area contributed by atoms with Crippen LogP contribution in [-0.4, -0.2) is 116 Å². The zero-order chi connectivity index (χ0) is 21.7. The van der Waals surface area contributed by atoms with Crippen LogP contribution < -0.4 is 0 Å². The van der Waals surface area contributed by atoms with Gasteiger partial charge in [-0.3, -0.25) is 4.79 Å². The van der Waals surface area contributed by atoms with Gasteiger partial charge in [-0.15, -0.1) is 0 Å². The van der Waals surface area contributed by atoms with Gasteiger partial charge in [-0.25, -0.2) is 0 Å². The number of aliphatic hydroxyl groups excluding tert-OH is 7. The topological polar surface area (TPSA) is 196 Å². The fourth-order valence-corrected chi connectivity index (χ4v) is 3.12. The van der Waals surface area contributed by atoms with Gasteiger partial charge in [-0.05, 0) is 6.42 Å². The molecule has 2 rings (SSSR count). The first kappa shape index (κ1) is 24.3. The van der Waals surface area contributed by atoms with Crippen molar-refractivity contribution in [1.82, 2.24) is 0 Å². The number of ether oxygens (including phenoxy) is 4. The SMILES string of the molecule is CCCCC(=O)OC[C@H]1O[C@H](O[C@H]2[C@H](O)[C@@H](O)[C@H](O)O[C@@H]2CO)[C@H](O)[C@@H](O)[C@@H]1O. The molecular formula is C17H30O12. The second kappa shape index (κ2) is 10.9. The monoisotopic (exact) mass is 426 g/mol. The molecule has 10 atom stereocenters. The van der Waals surface area contributed by atoms with Crippen molar-refractivity contribution in [2.45, 2.75) is 87.6 Å². The van der Waals surface area contributed by atoms with E-state index >= 15 is 0 Å². The van der Waals surface area contributed by atoms with Crippen LogP contribution in [-0.2, 0) is 23.7 Å². The molecule has 0 spiro atoms. The van der Waals surface area contributed by atoms with Crippen molar-refractivity contribution in [1.29, 1.82) is 0 Å². The summed E-state index contributed by atoms with van der Waals surface area (Å²) in [7, 11) is 0. The average Bonchev–Trinajstić information content (AvgIpc) is 2.71. The van der Waals surface area contributed by atoms with Crippen LogP contribution in [0.5, 0.6) is 0 Å². The third-order valence-electron chi connectivity index (χ3n) is 4.94. The van der Waals surface area contributed by atoms with E-state index in [2.05, 4.69) is 0 Å². The first-order valence-electron chi connectivity index (χ1n) is 9.52. The van der Waals surface area contributed by atoms with E-state index in [1.807, 2.05) is 6.92 Å². The van der Waals surface area contributed by atoms with Crippen LogP contribution in [0.2, 0.25) is 0 Å². The Bertz CT molecular complexity index is 517. The van der Waals surface area contributed by atoms with Gasteiger partial charge in [0.2, 0.25) is 0 Å². The number of hydrogen-bond donors (Lipinski definition) is 7. The highest BCUT2D eigenvalue weighted by atomic mass is 16.7. The van der Waals surface area contributed by atoms with Crippen molar-refractivity contribution in [2.24, 2.45) is 0 Å². The van der Waals surface area contributed by atoms with Crippen LogP contribution in [0.3, 0.4) is 0 Å². The zero-order valence-electron chi connectivity index (χ0n) is 16.0. The van der Waals surface area contributed by atoms with Gasteiger partial charge in [0.15, 0.2) is 12.6 Å². The van der Waals surface area contributed by atoms with E-state index in [-0.39, 0.29) is 6.42 Å². The molecule has 0 aromatic heterocycles. The van der Waals surface area contributed by atoms with E-state index in [9.17, 15) is 40.5 Å². The maximum atomic E-state index is 11.7. The molecule has 0 aromatic rings. The van der Waals surface area contributed by atoms with Gasteiger partial charge in [0.05, 0.1) is 6.61 Å². The number of unbranched alkanes of at least 4 members (excludes halogenated alkanes) is 1. The minimum Gasteiger partial charge on any atom is -0.463 e. The molecule has 0 unspecified atom stereocenters. The van der Waals surface area contributed by atoms with Crippen molar-refractivity contribution in [3.05, 3.63) is 0 Å². The summed E-state index contributed by atoms with van der Waals surface area (Å²) in [5.74, 6) is -0.519. The molecule has 2 aliphatic heterocycles. The Morgan fingerprint density at radius 2 is 1.59 bits per heavy atom. The van der Waals surface area contributed by atoms with Crippen molar-refractivity contribution in [3.63, 3.8) is 0 Å². The van der Waals surface area contributed by atoms with E-state index in [0.29, 0.717) is 6.42 Å². The highest BCUT2D eigenvalue weighted by Crippen LogP contribution is 2.28. The molecule has 0 amide bonds. The van der Waals surface area contributed by atoms with Gasteiger partial charge < -0.3 is 54.7 Å². The summed E-state index contributed by atoms with van der Waals surface area (Å²) in [6, 6.07) is 0. The fraction of sp³-hybridized carbons (Fsp3) is 0.941. The number of carbonyl (C=O) groups is 1. The normalized spacial score (nSPS) is 43.2. The summed E-state index contributed by atoms with van der Waals surface area (Å²) >= 11 is 0. The minimum absolute atomic E-state index is 0.175. The zero-order valence-corrected chi connectivity index (χ0v) is 16.0. The highest BCUT2D eigenvalue weighted by Gasteiger charge is 2.50. The molecule has 0 aliphatic carbocycles. The van der Waals surface area contributed by atoms with Gasteiger partial charge >= 0.3 is 5.97 Å². The van der Waals surface area contributed by atoms with Crippen LogP contribution in [0, 0.1) is 0 Å². The number of carbonyl (C=O) groups excluding carboxylic acids is 1. The predicted octanol–water partition coefficient (Wildman–Crippen LogP) is -3.66. The molecule has 12 nitrogen and oxygen atoms in total. The maximum absolute atomic E-state index is 11.7. The van der Waals surface area contributed by atoms with Crippen LogP contribution in [0.15, 0.2) is 0 Å². The standard InChI is InChI=1S/C17H30O12/c1-2-3-4-9(19)26-6-8-10(20)11(21)14(24)17(28-8)29-15-7(5-18)27-16(25)13(23)12(15)22/h7-8,10-18,20-25H,2-6H2,1H3/t7-,8-,10-,11+,12-,13-,14-,15-,16-,17-/m1/s1. The largest absolute Gasteiger partial charge is 0.463 e. The van der Waals surface area contributed by atoms with Gasteiger partial charge in [-0.2, -0.15) is 0 Å². The molecule has 170 valence electrons. The molecule has 2 saturated heterocycles. The number of rotatable bonds is 8. The Balaban J connectivity index is 2.03. The third kappa shape index (κ3) is 5.82. The quantitative estimate of drug-likeness (QED) is 0.188. The molecule has 0 saturated carbocycles. The third-order valence-corrected chi connectivity index (χ3v) is 4.94. The van der Waals surface area contributed by atoms with E-state index in [1.54, 1.807) is 0 Å². The van der Waals surface area contributed by atoms with E-state index < -0.39 is 80.6 Å². The maximum Gasteiger partial charge on any atom is 0.305 e. The van der Waals surface area contributed by atoms with Crippen molar-refractivity contribution >= 4 is 5.97 Å². The van der Waals surface area contributed by atoms with E-state index in [1.165, 1.54) is 0 Å². The Morgan fingerprint density at radius 1 is 0.897 bits per heavy atom. The smallest absolute Gasteiger partial charge is 0.305 e. The van der Waals surface area contributed by atoms with Crippen LogP contribution in [0.4, 0.5) is 0 Å². The van der Waals surface area contributed by atoms with Gasteiger partial charge in [0.25, 0.3) is 0 Å². The lowest BCUT2D eigenvalue weighted by Gasteiger charge is -2.45. The van der Waals surface area contributed by atoms with Crippen molar-refractivity contribution < 1.29 is 59.5 Å². The highest BCUT2D eigenvalue weighted by molar-refractivity contribution is 5.69. The molecule has 0 aromatic carbocycles.